The number of carbonyl (C=O) groups is 3. The molecule has 0 saturated carbocycles. The van der Waals surface area contributed by atoms with Crippen LogP contribution < -0.4 is 15.4 Å². The first-order chi connectivity index (χ1) is 14.9. The van der Waals surface area contributed by atoms with Gasteiger partial charge in [0.25, 0.3) is 5.91 Å². The zero-order valence-electron chi connectivity index (χ0n) is 20.5. The molecule has 2 amide bonds. The average molecular weight is 364 g/mol. The Hall–Kier alpha value is -3.09. The molecule has 2 N–H and O–H groups in total. The lowest BCUT2D eigenvalue weighted by molar-refractivity contribution is -0.144. The van der Waals surface area contributed by atoms with E-state index in [0.29, 0.717) is 0 Å². The van der Waals surface area contributed by atoms with Gasteiger partial charge in [0.2, 0.25) is 5.91 Å². The van der Waals surface area contributed by atoms with Crippen molar-refractivity contribution in [1.82, 2.24) is 10.6 Å². The third kappa shape index (κ3) is 5.20. The quantitative estimate of drug-likeness (QED) is 0.725. The van der Waals surface area contributed by atoms with Crippen molar-refractivity contribution < 1.29 is 32.1 Å². The van der Waals surface area contributed by atoms with E-state index < -0.39 is 72.7 Å². The van der Waals surface area contributed by atoms with E-state index in [1.54, 1.807) is 0 Å². The lowest BCUT2D eigenvalue weighted by atomic mass is 10.1. The molecule has 2 aromatic rings. The molecule has 2 rings (SSSR count). The molecular formula is C19H22N2O5. The molecule has 0 aliphatic rings. The lowest BCUT2D eigenvalue weighted by Gasteiger charge is -2.17. The lowest BCUT2D eigenvalue weighted by Crippen LogP contribution is -2.50. The summed E-state index contributed by atoms with van der Waals surface area (Å²) in [6, 6.07) is -3.50. The second kappa shape index (κ2) is 8.84. The summed E-state index contributed by atoms with van der Waals surface area (Å²) in [6.45, 7) is 2.19. The fourth-order valence-electron chi connectivity index (χ4n) is 1.96. The number of hydrogen-bond donors (Lipinski definition) is 2. The number of esters is 1. The summed E-state index contributed by atoms with van der Waals surface area (Å²) in [6.07, 6.45) is 0. The molecule has 138 valence electrons. The summed E-state index contributed by atoms with van der Waals surface area (Å²) in [7, 11) is 1.17. The van der Waals surface area contributed by atoms with Crippen molar-refractivity contribution in [3.8, 4) is 5.75 Å². The zero-order valence-corrected chi connectivity index (χ0v) is 14.5. The predicted molar refractivity (Wildman–Crippen MR) is 96.7 cm³/mol. The van der Waals surface area contributed by atoms with Gasteiger partial charge in [-0.15, -0.1) is 0 Å². The Balaban J connectivity index is 2.14. The van der Waals surface area contributed by atoms with Crippen LogP contribution in [-0.4, -0.2) is 43.6 Å². The Morgan fingerprint density at radius 3 is 2.42 bits per heavy atom. The van der Waals surface area contributed by atoms with E-state index in [4.69, 9.17) is 13.0 Å². The minimum atomic E-state index is -1.01. The number of rotatable bonds is 7. The van der Waals surface area contributed by atoms with Crippen LogP contribution in [0.25, 0.3) is 10.8 Å². The van der Waals surface area contributed by atoms with Crippen LogP contribution in [-0.2, 0) is 19.1 Å². The van der Waals surface area contributed by atoms with Crippen LogP contribution in [0.15, 0.2) is 42.3 Å². The summed E-state index contributed by atoms with van der Waals surface area (Å²) >= 11 is 0. The molecule has 2 aromatic carbocycles. The molecule has 0 aliphatic carbocycles. The van der Waals surface area contributed by atoms with Gasteiger partial charge in [0.15, 0.2) is 6.61 Å². The van der Waals surface area contributed by atoms with Crippen molar-refractivity contribution in [2.24, 2.45) is 0 Å². The predicted octanol–water partition coefficient (Wildman–Crippen LogP) is 1.40. The highest BCUT2D eigenvalue weighted by Crippen LogP contribution is 2.20. The van der Waals surface area contributed by atoms with Gasteiger partial charge >= 0.3 is 5.97 Å². The molecule has 2 unspecified atom stereocenters. The van der Waals surface area contributed by atoms with Gasteiger partial charge in [-0.25, -0.2) is 4.79 Å². The van der Waals surface area contributed by atoms with E-state index in [1.165, 1.54) is 27.0 Å². The minimum Gasteiger partial charge on any atom is -0.484 e. The van der Waals surface area contributed by atoms with Crippen LogP contribution in [0.5, 0.6) is 5.75 Å². The van der Waals surface area contributed by atoms with Crippen LogP contribution in [0, 0.1) is 0 Å². The van der Waals surface area contributed by atoms with Crippen LogP contribution in [0.3, 0.4) is 0 Å². The van der Waals surface area contributed by atoms with Crippen LogP contribution in [0.1, 0.15) is 22.1 Å². The van der Waals surface area contributed by atoms with Gasteiger partial charge in [0.05, 0.1) is 15.3 Å². The Labute approximate surface area is 160 Å². The Morgan fingerprint density at radius 2 is 1.73 bits per heavy atom. The number of amides is 2. The fourth-order valence-corrected chi connectivity index (χ4v) is 1.96. The first-order valence-corrected chi connectivity index (χ1v) is 7.71. The van der Waals surface area contributed by atoms with Crippen LogP contribution in [0.4, 0.5) is 0 Å². The summed E-state index contributed by atoms with van der Waals surface area (Å²) in [5.41, 5.74) is 0. The Morgan fingerprint density at radius 1 is 1.04 bits per heavy atom. The molecule has 0 fully saturated rings. The maximum Gasteiger partial charge on any atom is 0.328 e. The molecule has 0 bridgehead atoms. The van der Waals surface area contributed by atoms with Crippen molar-refractivity contribution in [3.63, 3.8) is 0 Å². The summed E-state index contributed by atoms with van der Waals surface area (Å²) in [5, 5.41) is 4.60. The summed E-state index contributed by atoms with van der Waals surface area (Å²) in [5.74, 6) is -2.23. The van der Waals surface area contributed by atoms with Gasteiger partial charge in [0.1, 0.15) is 17.8 Å². The van der Waals surface area contributed by atoms with Crippen LogP contribution in [0.2, 0.25) is 0 Å². The number of benzene rings is 2. The topological polar surface area (TPSA) is 93.7 Å². The second-order valence-electron chi connectivity index (χ2n) is 5.38. The largest absolute Gasteiger partial charge is 0.484 e. The summed E-state index contributed by atoms with van der Waals surface area (Å²) < 4.78 is 57.4. The molecule has 0 radical (unpaired) electrons. The van der Waals surface area contributed by atoms with Gasteiger partial charge in [0, 0.05) is 0 Å². The van der Waals surface area contributed by atoms with Crippen molar-refractivity contribution >= 4 is 28.6 Å². The van der Waals surface area contributed by atoms with E-state index in [9.17, 15) is 14.4 Å². The maximum absolute atomic E-state index is 12.1. The van der Waals surface area contributed by atoms with E-state index >= 15 is 0 Å². The first kappa shape index (κ1) is 12.3. The zero-order chi connectivity index (χ0) is 24.3. The smallest absolute Gasteiger partial charge is 0.328 e. The molecule has 7 heteroatoms. The molecule has 26 heavy (non-hydrogen) atoms. The van der Waals surface area contributed by atoms with Crippen LogP contribution >= 0.6 is 0 Å². The third-order valence-corrected chi connectivity index (χ3v) is 3.35. The van der Waals surface area contributed by atoms with Gasteiger partial charge in [-0.1, -0.05) is 30.2 Å². The SMILES string of the molecule is [2H]c1c([2H])c([2H])c2c([2H])c([2H])c(OCC(=O)NC(C)C(=O)NC(C)C(=O)OC)cc2c1[2H]. The van der Waals surface area contributed by atoms with Gasteiger partial charge in [-0.2, -0.15) is 0 Å². The van der Waals surface area contributed by atoms with Gasteiger partial charge < -0.3 is 20.1 Å². The van der Waals surface area contributed by atoms with E-state index in [0.717, 1.165) is 0 Å². The maximum atomic E-state index is 12.1. The Kier molecular flexibility index (Phi) is 4.18. The van der Waals surface area contributed by atoms with Crippen molar-refractivity contribution in [2.75, 3.05) is 13.7 Å². The fraction of sp³-hybridized carbons (Fsp3) is 0.316. The number of carbonyl (C=O) groups excluding carboxylic acids is 3. The Bertz CT molecular complexity index is 1090. The van der Waals surface area contributed by atoms with E-state index in [-0.39, 0.29) is 16.5 Å². The van der Waals surface area contributed by atoms with Crippen molar-refractivity contribution in [1.29, 1.82) is 0 Å². The molecule has 2 atom stereocenters. The highest BCUT2D eigenvalue weighted by atomic mass is 16.5. The molecule has 0 aliphatic heterocycles. The number of hydrogen-bond acceptors (Lipinski definition) is 5. The molecular weight excluding hydrogens is 336 g/mol. The molecule has 0 saturated heterocycles. The molecule has 0 heterocycles. The highest BCUT2D eigenvalue weighted by Gasteiger charge is 2.21. The summed E-state index contributed by atoms with van der Waals surface area (Å²) in [4.78, 5) is 35.6. The van der Waals surface area contributed by atoms with E-state index in [2.05, 4.69) is 15.4 Å². The van der Waals surface area contributed by atoms with Gasteiger partial charge in [-0.05, 0) is 36.7 Å². The van der Waals surface area contributed by atoms with Gasteiger partial charge in [-0.3, -0.25) is 9.59 Å². The van der Waals surface area contributed by atoms with Crippen molar-refractivity contribution in [2.45, 2.75) is 25.9 Å². The third-order valence-electron chi connectivity index (χ3n) is 3.35. The van der Waals surface area contributed by atoms with Crippen molar-refractivity contribution in [3.05, 3.63) is 42.3 Å². The van der Waals surface area contributed by atoms with E-state index in [1.807, 2.05) is 0 Å². The molecule has 0 spiro atoms. The standard InChI is InChI=1S/C19H22N2O5/c1-12(18(23)21-13(2)19(24)25-3)20-17(22)11-26-16-9-8-14-6-4-5-7-15(14)10-16/h4-10,12-13H,11H2,1-3H3,(H,20,22)(H,21,23)/i4D,5D,6D,7D,8D,9D. The normalized spacial score (nSPS) is 16.0. The molecule has 0 aromatic heterocycles. The minimum absolute atomic E-state index is 0.0167. The molecule has 7 nitrogen and oxygen atoms in total. The number of nitrogens with one attached hydrogen (secondary N) is 2. The highest BCUT2D eigenvalue weighted by molar-refractivity contribution is 5.90. The second-order valence-corrected chi connectivity index (χ2v) is 5.38. The number of ether oxygens (including phenoxy) is 2. The average Bonchev–Trinajstić information content (AvgIpc) is 2.76. The number of fused-ring (bicyclic) bond motifs is 1. The number of methoxy groups -OCH3 is 1. The monoisotopic (exact) mass is 364 g/mol. The first-order valence-electron chi connectivity index (χ1n) is 10.7.